The van der Waals surface area contributed by atoms with Crippen LogP contribution in [0.15, 0.2) is 0 Å². The second kappa shape index (κ2) is 6.56. The first kappa shape index (κ1) is 16.2. The SMILES string of the molecule is CNC(=O)C1(C)CCN(C(=O)N[C@H](CCO)C(=O)O)C1. The van der Waals surface area contributed by atoms with Gasteiger partial charge < -0.3 is 25.7 Å². The highest BCUT2D eigenvalue weighted by atomic mass is 16.4. The summed E-state index contributed by atoms with van der Waals surface area (Å²) in [6.07, 6.45) is 0.472. The first-order chi connectivity index (χ1) is 9.34. The lowest BCUT2D eigenvalue weighted by Gasteiger charge is -2.24. The van der Waals surface area contributed by atoms with E-state index in [9.17, 15) is 14.4 Å². The van der Waals surface area contributed by atoms with Crippen LogP contribution in [0, 0.1) is 5.41 Å². The molecular weight excluding hydrogens is 266 g/mol. The molecule has 1 saturated heterocycles. The maximum absolute atomic E-state index is 12.0. The Kier molecular flexibility index (Phi) is 5.32. The fourth-order valence-electron chi connectivity index (χ4n) is 2.25. The van der Waals surface area contributed by atoms with Gasteiger partial charge in [0.1, 0.15) is 6.04 Å². The molecule has 4 N–H and O–H groups in total. The number of nitrogens with zero attached hydrogens (tertiary/aromatic N) is 1. The fourth-order valence-corrected chi connectivity index (χ4v) is 2.25. The van der Waals surface area contributed by atoms with Gasteiger partial charge in [-0.25, -0.2) is 9.59 Å². The van der Waals surface area contributed by atoms with Gasteiger partial charge in [-0.05, 0) is 13.3 Å². The summed E-state index contributed by atoms with van der Waals surface area (Å²) < 4.78 is 0. The Hall–Kier alpha value is -1.83. The van der Waals surface area contributed by atoms with Gasteiger partial charge in [0.05, 0.1) is 5.41 Å². The van der Waals surface area contributed by atoms with E-state index < -0.39 is 23.5 Å². The summed E-state index contributed by atoms with van der Waals surface area (Å²) in [6.45, 7) is 2.07. The largest absolute Gasteiger partial charge is 0.480 e. The predicted molar refractivity (Wildman–Crippen MR) is 70.0 cm³/mol. The molecule has 1 rings (SSSR count). The molecule has 0 saturated carbocycles. The minimum Gasteiger partial charge on any atom is -0.480 e. The summed E-state index contributed by atoms with van der Waals surface area (Å²) >= 11 is 0. The van der Waals surface area contributed by atoms with Crippen molar-refractivity contribution in [2.75, 3.05) is 26.7 Å². The molecule has 1 fully saturated rings. The third kappa shape index (κ3) is 3.60. The van der Waals surface area contributed by atoms with Crippen molar-refractivity contribution in [1.82, 2.24) is 15.5 Å². The van der Waals surface area contributed by atoms with Crippen molar-refractivity contribution in [3.8, 4) is 0 Å². The van der Waals surface area contributed by atoms with Crippen LogP contribution in [0.2, 0.25) is 0 Å². The van der Waals surface area contributed by atoms with Gasteiger partial charge in [0, 0.05) is 33.2 Å². The number of rotatable bonds is 5. The number of carboxylic acid groups (broad SMARTS) is 1. The van der Waals surface area contributed by atoms with E-state index in [1.54, 1.807) is 6.92 Å². The molecule has 2 atom stereocenters. The van der Waals surface area contributed by atoms with E-state index in [-0.39, 0.29) is 25.5 Å². The van der Waals surface area contributed by atoms with Crippen LogP contribution >= 0.6 is 0 Å². The quantitative estimate of drug-likeness (QED) is 0.516. The summed E-state index contributed by atoms with van der Waals surface area (Å²) in [5.41, 5.74) is -0.651. The molecule has 1 aliphatic rings. The van der Waals surface area contributed by atoms with Crippen molar-refractivity contribution >= 4 is 17.9 Å². The van der Waals surface area contributed by atoms with Crippen LogP contribution in [0.5, 0.6) is 0 Å². The van der Waals surface area contributed by atoms with E-state index in [1.807, 2.05) is 0 Å². The number of aliphatic hydroxyl groups is 1. The molecule has 0 aromatic rings. The highest BCUT2D eigenvalue weighted by Gasteiger charge is 2.42. The normalized spacial score (nSPS) is 23.2. The molecule has 0 aliphatic carbocycles. The van der Waals surface area contributed by atoms with Gasteiger partial charge in [-0.3, -0.25) is 4.79 Å². The summed E-state index contributed by atoms with van der Waals surface area (Å²) in [7, 11) is 1.54. The number of urea groups is 1. The van der Waals surface area contributed by atoms with Crippen molar-refractivity contribution in [3.63, 3.8) is 0 Å². The van der Waals surface area contributed by atoms with Gasteiger partial charge >= 0.3 is 12.0 Å². The molecule has 8 nitrogen and oxygen atoms in total. The maximum atomic E-state index is 12.0. The molecule has 0 bridgehead atoms. The lowest BCUT2D eigenvalue weighted by Crippen LogP contribution is -2.49. The molecule has 1 unspecified atom stereocenters. The summed E-state index contributed by atoms with van der Waals surface area (Å²) in [5.74, 6) is -1.33. The van der Waals surface area contributed by atoms with Gasteiger partial charge in [-0.15, -0.1) is 0 Å². The first-order valence-electron chi connectivity index (χ1n) is 6.45. The third-order valence-corrected chi connectivity index (χ3v) is 3.55. The smallest absolute Gasteiger partial charge is 0.326 e. The zero-order valence-electron chi connectivity index (χ0n) is 11.7. The van der Waals surface area contributed by atoms with Gasteiger partial charge in [0.2, 0.25) is 5.91 Å². The number of carbonyl (C=O) groups excluding carboxylic acids is 2. The van der Waals surface area contributed by atoms with Crippen LogP contribution in [0.4, 0.5) is 4.79 Å². The number of nitrogens with one attached hydrogen (secondary N) is 2. The van der Waals surface area contributed by atoms with Crippen LogP contribution in [-0.4, -0.2) is 65.8 Å². The summed E-state index contributed by atoms with van der Waals surface area (Å²) in [4.78, 5) is 36.0. The zero-order valence-corrected chi connectivity index (χ0v) is 11.7. The number of hydrogen-bond donors (Lipinski definition) is 4. The Bertz CT molecular complexity index is 401. The second-order valence-corrected chi connectivity index (χ2v) is 5.16. The van der Waals surface area contributed by atoms with Crippen molar-refractivity contribution in [3.05, 3.63) is 0 Å². The van der Waals surface area contributed by atoms with Gasteiger partial charge in [0.25, 0.3) is 0 Å². The maximum Gasteiger partial charge on any atom is 0.326 e. The van der Waals surface area contributed by atoms with E-state index in [0.29, 0.717) is 13.0 Å². The van der Waals surface area contributed by atoms with Crippen LogP contribution in [0.3, 0.4) is 0 Å². The molecule has 0 radical (unpaired) electrons. The van der Waals surface area contributed by atoms with Crippen LogP contribution in [-0.2, 0) is 9.59 Å². The highest BCUT2D eigenvalue weighted by Crippen LogP contribution is 2.29. The summed E-state index contributed by atoms with van der Waals surface area (Å²) in [6, 6.07) is -1.65. The van der Waals surface area contributed by atoms with Gasteiger partial charge in [-0.1, -0.05) is 0 Å². The standard InChI is InChI=1S/C12H21N3O5/c1-12(10(19)13-2)4-5-15(7-12)11(20)14-8(3-6-16)9(17)18/h8,16H,3-7H2,1-2H3,(H,13,19)(H,14,20)(H,17,18)/t8-,12?/m1/s1. The van der Waals surface area contributed by atoms with E-state index in [2.05, 4.69) is 10.6 Å². The topological polar surface area (TPSA) is 119 Å². The molecule has 1 heterocycles. The average molecular weight is 287 g/mol. The fraction of sp³-hybridized carbons (Fsp3) is 0.750. The lowest BCUT2D eigenvalue weighted by molar-refractivity contribution is -0.139. The van der Waals surface area contributed by atoms with E-state index in [1.165, 1.54) is 11.9 Å². The van der Waals surface area contributed by atoms with E-state index in [4.69, 9.17) is 10.2 Å². The minimum atomic E-state index is -1.19. The Morgan fingerprint density at radius 1 is 1.40 bits per heavy atom. The summed E-state index contributed by atoms with van der Waals surface area (Å²) in [5, 5.41) is 22.6. The van der Waals surface area contributed by atoms with Gasteiger partial charge in [-0.2, -0.15) is 0 Å². The van der Waals surface area contributed by atoms with Crippen molar-refractivity contribution in [2.45, 2.75) is 25.8 Å². The Labute approximate surface area is 117 Å². The number of carbonyl (C=O) groups is 3. The Morgan fingerprint density at radius 2 is 2.05 bits per heavy atom. The average Bonchev–Trinajstić information content (AvgIpc) is 2.81. The number of aliphatic hydroxyl groups excluding tert-OH is 1. The van der Waals surface area contributed by atoms with Crippen LogP contribution < -0.4 is 10.6 Å². The van der Waals surface area contributed by atoms with E-state index in [0.717, 1.165) is 0 Å². The third-order valence-electron chi connectivity index (χ3n) is 3.55. The molecular formula is C12H21N3O5. The number of amides is 3. The molecule has 0 spiro atoms. The number of likely N-dealkylation sites (tertiary alicyclic amines) is 1. The molecule has 0 aromatic carbocycles. The second-order valence-electron chi connectivity index (χ2n) is 5.16. The molecule has 3 amide bonds. The molecule has 8 heteroatoms. The predicted octanol–water partition coefficient (Wildman–Crippen LogP) is -1.01. The molecule has 1 aliphatic heterocycles. The van der Waals surface area contributed by atoms with Crippen LogP contribution in [0.1, 0.15) is 19.8 Å². The Morgan fingerprint density at radius 3 is 2.55 bits per heavy atom. The Balaban J connectivity index is 2.62. The lowest BCUT2D eigenvalue weighted by atomic mass is 9.89. The molecule has 114 valence electrons. The van der Waals surface area contributed by atoms with Crippen LogP contribution in [0.25, 0.3) is 0 Å². The monoisotopic (exact) mass is 287 g/mol. The number of aliphatic carboxylic acids is 1. The van der Waals surface area contributed by atoms with E-state index >= 15 is 0 Å². The zero-order chi connectivity index (χ0) is 15.3. The van der Waals surface area contributed by atoms with Crippen molar-refractivity contribution in [1.29, 1.82) is 0 Å². The molecule has 20 heavy (non-hydrogen) atoms. The minimum absolute atomic E-state index is 0.0539. The first-order valence-corrected chi connectivity index (χ1v) is 6.45. The molecule has 0 aromatic heterocycles. The van der Waals surface area contributed by atoms with Crippen molar-refractivity contribution in [2.24, 2.45) is 5.41 Å². The highest BCUT2D eigenvalue weighted by molar-refractivity contribution is 5.86. The van der Waals surface area contributed by atoms with Crippen molar-refractivity contribution < 1.29 is 24.6 Å². The number of hydrogen-bond acceptors (Lipinski definition) is 4. The van der Waals surface area contributed by atoms with Gasteiger partial charge in [0.15, 0.2) is 0 Å². The number of carboxylic acids is 1.